The Kier molecular flexibility index (Phi) is 7.34. The standard InChI is InChI=1S/C33H34F2N6O3/c1-3-22-24(34)8-7-20-17-21(42)18-23(25(20)22)28-27(35)29-26-30(40(14-11-36-4-2)15-16-43-31(26)37-28)39-32(38-29)44-19-33-9-5-12-41(33)13-6-10-33/h1,7-8,17-18,36,42H,4-6,9-16,19H2,2H3. The van der Waals surface area contributed by atoms with Gasteiger partial charge < -0.3 is 24.8 Å². The lowest BCUT2D eigenvalue weighted by Crippen LogP contribution is -2.43. The maximum absolute atomic E-state index is 16.8. The summed E-state index contributed by atoms with van der Waals surface area (Å²) in [5, 5.41) is 14.9. The van der Waals surface area contributed by atoms with Crippen molar-refractivity contribution in [3.63, 3.8) is 0 Å². The normalized spacial score (nSPS) is 17.5. The number of benzene rings is 2. The summed E-state index contributed by atoms with van der Waals surface area (Å²) >= 11 is 0. The number of phenolic OH excluding ortho intramolecular Hbond substituents is 1. The molecular formula is C33H34F2N6O3. The Morgan fingerprint density at radius 2 is 1.93 bits per heavy atom. The molecule has 2 fully saturated rings. The van der Waals surface area contributed by atoms with E-state index in [1.165, 1.54) is 24.3 Å². The maximum Gasteiger partial charge on any atom is 0.319 e. The molecule has 0 atom stereocenters. The smallest absolute Gasteiger partial charge is 0.319 e. The molecule has 0 aliphatic carbocycles. The fraction of sp³-hybridized carbons (Fsp3) is 0.424. The Balaban J connectivity index is 1.42. The number of ether oxygens (including phenoxy) is 2. The molecule has 0 bridgehead atoms. The Hall–Kier alpha value is -4.27. The molecule has 7 rings (SSSR count). The first kappa shape index (κ1) is 28.5. The molecule has 2 aromatic carbocycles. The number of rotatable bonds is 8. The predicted octanol–water partition coefficient (Wildman–Crippen LogP) is 4.63. The molecule has 44 heavy (non-hydrogen) atoms. The van der Waals surface area contributed by atoms with E-state index in [2.05, 4.69) is 26.1 Å². The van der Waals surface area contributed by atoms with Crippen molar-refractivity contribution >= 4 is 27.5 Å². The summed E-state index contributed by atoms with van der Waals surface area (Å²) in [6, 6.07) is 5.57. The second-order valence-corrected chi connectivity index (χ2v) is 11.7. The van der Waals surface area contributed by atoms with Gasteiger partial charge in [-0.25, -0.2) is 13.8 Å². The van der Waals surface area contributed by atoms with Crippen molar-refractivity contribution in [2.75, 3.05) is 57.4 Å². The van der Waals surface area contributed by atoms with Crippen LogP contribution in [0.25, 0.3) is 32.9 Å². The SMILES string of the molecule is C#Cc1c(F)ccc2cc(O)cc(-c3nc4c5c(nc(OCC67CCCN6CCC7)nc5c3F)N(CCNCC)CCO4)c12. The van der Waals surface area contributed by atoms with E-state index in [4.69, 9.17) is 20.9 Å². The minimum absolute atomic E-state index is 0.0253. The molecule has 2 aromatic heterocycles. The highest BCUT2D eigenvalue weighted by Crippen LogP contribution is 2.43. The summed E-state index contributed by atoms with van der Waals surface area (Å²) in [6.07, 6.45) is 10.0. The zero-order valence-electron chi connectivity index (χ0n) is 24.6. The van der Waals surface area contributed by atoms with E-state index in [9.17, 15) is 9.50 Å². The van der Waals surface area contributed by atoms with Gasteiger partial charge in [0.15, 0.2) is 5.82 Å². The molecule has 3 aliphatic rings. The van der Waals surface area contributed by atoms with E-state index in [-0.39, 0.29) is 57.5 Å². The van der Waals surface area contributed by atoms with Gasteiger partial charge in [0.2, 0.25) is 5.88 Å². The summed E-state index contributed by atoms with van der Waals surface area (Å²) in [6.45, 7) is 7.42. The van der Waals surface area contributed by atoms with Gasteiger partial charge in [0.1, 0.15) is 47.2 Å². The number of aromatic nitrogens is 3. The Labute approximate surface area is 254 Å². The van der Waals surface area contributed by atoms with Gasteiger partial charge in [0.05, 0.1) is 17.6 Å². The van der Waals surface area contributed by atoms with Crippen molar-refractivity contribution in [1.82, 2.24) is 25.2 Å². The van der Waals surface area contributed by atoms with Crippen molar-refractivity contribution in [3.8, 4) is 41.2 Å². The molecule has 0 radical (unpaired) electrons. The van der Waals surface area contributed by atoms with Crippen LogP contribution in [0, 0.1) is 24.0 Å². The molecule has 0 amide bonds. The third-order valence-electron chi connectivity index (χ3n) is 9.15. The van der Waals surface area contributed by atoms with Gasteiger partial charge in [-0.2, -0.15) is 9.97 Å². The van der Waals surface area contributed by atoms with Gasteiger partial charge in [-0.1, -0.05) is 18.9 Å². The maximum atomic E-state index is 16.8. The van der Waals surface area contributed by atoms with Crippen LogP contribution in [-0.2, 0) is 0 Å². The molecule has 11 heteroatoms. The van der Waals surface area contributed by atoms with Crippen LogP contribution in [0.15, 0.2) is 24.3 Å². The number of aromatic hydroxyl groups is 1. The highest BCUT2D eigenvalue weighted by atomic mass is 19.1. The number of nitrogens with zero attached hydrogens (tertiary/aromatic N) is 5. The zero-order valence-corrected chi connectivity index (χ0v) is 24.6. The molecule has 0 unspecified atom stereocenters. The molecule has 0 saturated carbocycles. The van der Waals surface area contributed by atoms with Gasteiger partial charge in [0.25, 0.3) is 0 Å². The largest absolute Gasteiger partial charge is 0.508 e. The number of hydrogen-bond acceptors (Lipinski definition) is 9. The Morgan fingerprint density at radius 1 is 1.11 bits per heavy atom. The van der Waals surface area contributed by atoms with Crippen LogP contribution in [0.1, 0.15) is 38.2 Å². The van der Waals surface area contributed by atoms with E-state index < -0.39 is 11.6 Å². The third kappa shape index (κ3) is 4.73. The summed E-state index contributed by atoms with van der Waals surface area (Å²) in [5.41, 5.74) is -0.159. The third-order valence-corrected chi connectivity index (χ3v) is 9.15. The van der Waals surface area contributed by atoms with Crippen molar-refractivity contribution in [3.05, 3.63) is 41.5 Å². The molecule has 4 aromatic rings. The van der Waals surface area contributed by atoms with Crippen LogP contribution >= 0.6 is 0 Å². The van der Waals surface area contributed by atoms with Crippen LogP contribution in [0.4, 0.5) is 14.6 Å². The van der Waals surface area contributed by atoms with Gasteiger partial charge in [0, 0.05) is 24.0 Å². The van der Waals surface area contributed by atoms with Crippen molar-refractivity contribution < 1.29 is 23.4 Å². The molecular weight excluding hydrogens is 566 g/mol. The van der Waals surface area contributed by atoms with Crippen molar-refractivity contribution in [2.45, 2.75) is 38.1 Å². The molecule has 228 valence electrons. The average Bonchev–Trinajstić information content (AvgIpc) is 3.55. The fourth-order valence-corrected chi connectivity index (χ4v) is 7.06. The first-order valence-corrected chi connectivity index (χ1v) is 15.2. The minimum atomic E-state index is -0.768. The summed E-state index contributed by atoms with van der Waals surface area (Å²) in [4.78, 5) is 18.5. The topological polar surface area (TPSA) is 95.9 Å². The lowest BCUT2D eigenvalue weighted by Gasteiger charge is -2.31. The zero-order chi connectivity index (χ0) is 30.4. The van der Waals surface area contributed by atoms with Crippen LogP contribution in [0.5, 0.6) is 17.6 Å². The van der Waals surface area contributed by atoms with Gasteiger partial charge >= 0.3 is 6.01 Å². The Bertz CT molecular complexity index is 1800. The quantitative estimate of drug-likeness (QED) is 0.222. The van der Waals surface area contributed by atoms with E-state index >= 15 is 4.39 Å². The monoisotopic (exact) mass is 600 g/mol. The first-order chi connectivity index (χ1) is 21.4. The van der Waals surface area contributed by atoms with Crippen molar-refractivity contribution in [2.24, 2.45) is 0 Å². The number of anilines is 1. The van der Waals surface area contributed by atoms with E-state index in [0.717, 1.165) is 45.3 Å². The Morgan fingerprint density at radius 3 is 2.70 bits per heavy atom. The lowest BCUT2D eigenvalue weighted by molar-refractivity contribution is 0.108. The summed E-state index contributed by atoms with van der Waals surface area (Å²) in [5.74, 6) is 1.47. The molecule has 3 aliphatic heterocycles. The minimum Gasteiger partial charge on any atom is -0.508 e. The van der Waals surface area contributed by atoms with Crippen LogP contribution in [0.3, 0.4) is 0 Å². The highest BCUT2D eigenvalue weighted by Gasteiger charge is 2.45. The predicted molar refractivity (Wildman–Crippen MR) is 164 cm³/mol. The second-order valence-electron chi connectivity index (χ2n) is 11.7. The average molecular weight is 601 g/mol. The van der Waals surface area contributed by atoms with E-state index in [1.54, 1.807) is 0 Å². The van der Waals surface area contributed by atoms with E-state index in [0.29, 0.717) is 42.8 Å². The molecule has 9 nitrogen and oxygen atoms in total. The lowest BCUT2D eigenvalue weighted by atomic mass is 9.95. The number of pyridine rings is 1. The molecule has 0 spiro atoms. The van der Waals surface area contributed by atoms with Crippen LogP contribution in [0.2, 0.25) is 0 Å². The van der Waals surface area contributed by atoms with Gasteiger partial charge in [-0.15, -0.1) is 6.42 Å². The van der Waals surface area contributed by atoms with Crippen LogP contribution < -0.4 is 19.7 Å². The number of terminal acetylenes is 1. The number of nitrogens with one attached hydrogen (secondary N) is 1. The molecule has 5 heterocycles. The molecule has 2 saturated heterocycles. The summed E-state index contributed by atoms with van der Waals surface area (Å²) < 4.78 is 44.1. The van der Waals surface area contributed by atoms with Gasteiger partial charge in [-0.3, -0.25) is 4.90 Å². The number of halogens is 2. The van der Waals surface area contributed by atoms with Gasteiger partial charge in [-0.05, 0) is 68.9 Å². The first-order valence-electron chi connectivity index (χ1n) is 15.2. The highest BCUT2D eigenvalue weighted by molar-refractivity contribution is 6.04. The molecule has 2 N–H and O–H groups in total. The van der Waals surface area contributed by atoms with Crippen molar-refractivity contribution in [1.29, 1.82) is 0 Å². The van der Waals surface area contributed by atoms with E-state index in [1.807, 2.05) is 11.8 Å². The van der Waals surface area contributed by atoms with Crippen LogP contribution in [-0.4, -0.2) is 83.0 Å². The number of hydrogen-bond donors (Lipinski definition) is 2. The fourth-order valence-electron chi connectivity index (χ4n) is 7.06. The second kappa shape index (κ2) is 11.3. The summed E-state index contributed by atoms with van der Waals surface area (Å²) in [7, 11) is 0. The number of likely N-dealkylation sites (N-methyl/N-ethyl adjacent to an activating group) is 1. The number of fused-ring (bicyclic) bond motifs is 2. The number of phenols is 1.